The van der Waals surface area contributed by atoms with E-state index in [1.807, 2.05) is 0 Å². The molecule has 1 rings (SSSR count). The van der Waals surface area contributed by atoms with Crippen molar-refractivity contribution in [2.24, 2.45) is 0 Å². The molecule has 0 N–H and O–H groups in total. The highest BCUT2D eigenvalue weighted by atomic mass is 32.1. The maximum absolute atomic E-state index is 11.8. The quantitative estimate of drug-likeness (QED) is 0.490. The van der Waals surface area contributed by atoms with Gasteiger partial charge in [0.15, 0.2) is 0 Å². The maximum Gasteiger partial charge on any atom is 0.573 e. The van der Waals surface area contributed by atoms with Gasteiger partial charge in [0.25, 0.3) is 0 Å². The number of nitro groups is 1. The van der Waals surface area contributed by atoms with Crippen LogP contribution in [-0.2, 0) is 0 Å². The first-order chi connectivity index (χ1) is 6.81. The minimum absolute atomic E-state index is 0.193. The van der Waals surface area contributed by atoms with Gasteiger partial charge in [0.2, 0.25) is 5.75 Å². The highest BCUT2D eigenvalue weighted by Gasteiger charge is 2.34. The summed E-state index contributed by atoms with van der Waals surface area (Å²) in [7, 11) is 0. The average Bonchev–Trinajstić information content (AvgIpc) is 1.99. The molecule has 15 heavy (non-hydrogen) atoms. The number of hydrogen-bond donors (Lipinski definition) is 1. The van der Waals surface area contributed by atoms with Crippen molar-refractivity contribution >= 4 is 18.3 Å². The lowest BCUT2D eigenvalue weighted by atomic mass is 10.3. The predicted octanol–water partition coefficient (Wildman–Crippen LogP) is 2.78. The monoisotopic (exact) mass is 239 g/mol. The van der Waals surface area contributed by atoms with Crippen LogP contribution in [0.4, 0.5) is 18.9 Å². The Bertz CT molecular complexity index is 394. The zero-order valence-corrected chi connectivity index (χ0v) is 7.88. The Balaban J connectivity index is 3.18. The number of ether oxygens (including phenoxy) is 1. The SMILES string of the molecule is O=[N+]([O-])c1c(S)cccc1OC(F)(F)F. The Morgan fingerprint density at radius 1 is 1.40 bits per heavy atom. The fourth-order valence-electron chi connectivity index (χ4n) is 0.901. The van der Waals surface area contributed by atoms with Crippen molar-refractivity contribution in [3.05, 3.63) is 28.3 Å². The lowest BCUT2D eigenvalue weighted by Gasteiger charge is -2.09. The first kappa shape index (κ1) is 11.6. The summed E-state index contributed by atoms with van der Waals surface area (Å²) in [6, 6.07) is 3.23. The Hall–Kier alpha value is -1.44. The van der Waals surface area contributed by atoms with Gasteiger partial charge in [0.05, 0.1) is 9.82 Å². The molecule has 1 aromatic carbocycles. The van der Waals surface area contributed by atoms with E-state index in [0.29, 0.717) is 0 Å². The smallest absolute Gasteiger partial charge is 0.398 e. The molecule has 0 fully saturated rings. The molecule has 0 radical (unpaired) electrons. The number of alkyl halides is 3. The molecule has 8 heteroatoms. The molecular formula is C7H4F3NO3S. The van der Waals surface area contributed by atoms with Crippen molar-refractivity contribution in [1.82, 2.24) is 0 Å². The summed E-state index contributed by atoms with van der Waals surface area (Å²) < 4.78 is 39.0. The zero-order chi connectivity index (χ0) is 11.6. The number of halogens is 3. The van der Waals surface area contributed by atoms with Gasteiger partial charge in [0.1, 0.15) is 0 Å². The third-order valence-electron chi connectivity index (χ3n) is 1.39. The summed E-state index contributed by atoms with van der Waals surface area (Å²) in [5.74, 6) is -0.875. The third-order valence-corrected chi connectivity index (χ3v) is 1.75. The van der Waals surface area contributed by atoms with Crippen LogP contribution >= 0.6 is 12.6 Å². The standard InChI is InChI=1S/C7H4F3NO3S/c8-7(9,10)14-4-2-1-3-5(15)6(4)11(12)13/h1-3,15H. The van der Waals surface area contributed by atoms with Crippen LogP contribution in [0.3, 0.4) is 0 Å². The lowest BCUT2D eigenvalue weighted by Crippen LogP contribution is -2.18. The third kappa shape index (κ3) is 3.01. The summed E-state index contributed by atoms with van der Waals surface area (Å²) in [6.07, 6.45) is -4.97. The summed E-state index contributed by atoms with van der Waals surface area (Å²) in [6.45, 7) is 0. The normalized spacial score (nSPS) is 11.2. The van der Waals surface area contributed by atoms with Crippen molar-refractivity contribution in [3.8, 4) is 5.75 Å². The van der Waals surface area contributed by atoms with Crippen LogP contribution in [0.25, 0.3) is 0 Å². The van der Waals surface area contributed by atoms with Crippen LogP contribution < -0.4 is 4.74 Å². The van der Waals surface area contributed by atoms with Gasteiger partial charge >= 0.3 is 12.0 Å². The molecule has 0 aromatic heterocycles. The second-order valence-electron chi connectivity index (χ2n) is 2.43. The largest absolute Gasteiger partial charge is 0.573 e. The van der Waals surface area contributed by atoms with Gasteiger partial charge in [-0.1, -0.05) is 6.07 Å². The van der Waals surface area contributed by atoms with Gasteiger partial charge in [-0.15, -0.1) is 25.8 Å². The molecule has 0 aliphatic heterocycles. The molecule has 1 aromatic rings. The number of thiol groups is 1. The summed E-state index contributed by atoms with van der Waals surface area (Å²) in [5, 5.41) is 10.4. The van der Waals surface area contributed by atoms with E-state index >= 15 is 0 Å². The molecule has 0 amide bonds. The molecule has 0 saturated heterocycles. The fraction of sp³-hybridized carbons (Fsp3) is 0.143. The Kier molecular flexibility index (Phi) is 3.08. The van der Waals surface area contributed by atoms with Crippen LogP contribution in [-0.4, -0.2) is 11.3 Å². The van der Waals surface area contributed by atoms with Crippen LogP contribution in [0.5, 0.6) is 5.75 Å². The minimum atomic E-state index is -4.97. The second-order valence-corrected chi connectivity index (χ2v) is 2.91. The van der Waals surface area contributed by atoms with Crippen molar-refractivity contribution in [1.29, 1.82) is 0 Å². The first-order valence-electron chi connectivity index (χ1n) is 3.53. The lowest BCUT2D eigenvalue weighted by molar-refractivity contribution is -0.391. The van der Waals surface area contributed by atoms with E-state index in [0.717, 1.165) is 6.07 Å². The van der Waals surface area contributed by atoms with Gasteiger partial charge < -0.3 is 4.74 Å². The first-order valence-corrected chi connectivity index (χ1v) is 3.98. The maximum atomic E-state index is 11.8. The number of benzene rings is 1. The molecular weight excluding hydrogens is 235 g/mol. The van der Waals surface area contributed by atoms with Gasteiger partial charge in [-0.3, -0.25) is 10.1 Å². The van der Waals surface area contributed by atoms with Gasteiger partial charge in [-0.25, -0.2) is 0 Å². The zero-order valence-electron chi connectivity index (χ0n) is 6.99. The fourth-order valence-corrected chi connectivity index (χ4v) is 1.18. The van der Waals surface area contributed by atoms with Gasteiger partial charge in [-0.2, -0.15) is 0 Å². The van der Waals surface area contributed by atoms with E-state index in [1.54, 1.807) is 0 Å². The highest BCUT2D eigenvalue weighted by Crippen LogP contribution is 2.36. The average molecular weight is 239 g/mol. The van der Waals surface area contributed by atoms with Gasteiger partial charge in [0, 0.05) is 0 Å². The molecule has 4 nitrogen and oxygen atoms in total. The van der Waals surface area contributed by atoms with Crippen LogP contribution in [0.15, 0.2) is 23.1 Å². The Morgan fingerprint density at radius 2 is 2.00 bits per heavy atom. The van der Waals surface area contributed by atoms with Crippen molar-refractivity contribution in [2.45, 2.75) is 11.3 Å². The van der Waals surface area contributed by atoms with E-state index in [2.05, 4.69) is 17.4 Å². The van der Waals surface area contributed by atoms with E-state index in [1.165, 1.54) is 12.1 Å². The minimum Gasteiger partial charge on any atom is -0.398 e. The number of para-hydroxylation sites is 1. The number of nitro benzene ring substituents is 1. The van der Waals surface area contributed by atoms with Crippen molar-refractivity contribution < 1.29 is 22.8 Å². The second kappa shape index (κ2) is 3.97. The number of nitrogens with zero attached hydrogens (tertiary/aromatic N) is 1. The van der Waals surface area contributed by atoms with Crippen molar-refractivity contribution in [2.75, 3.05) is 0 Å². The Morgan fingerprint density at radius 3 is 2.47 bits per heavy atom. The topological polar surface area (TPSA) is 52.4 Å². The molecule has 0 saturated carbocycles. The summed E-state index contributed by atoms with van der Waals surface area (Å²) in [4.78, 5) is 9.26. The highest BCUT2D eigenvalue weighted by molar-refractivity contribution is 7.80. The molecule has 0 heterocycles. The molecule has 82 valence electrons. The summed E-state index contributed by atoms with van der Waals surface area (Å²) >= 11 is 3.67. The van der Waals surface area contributed by atoms with E-state index in [4.69, 9.17) is 0 Å². The number of rotatable bonds is 2. The number of hydrogen-bond acceptors (Lipinski definition) is 4. The molecule has 0 aliphatic carbocycles. The Labute approximate surface area is 87.2 Å². The predicted molar refractivity (Wildman–Crippen MR) is 47.0 cm³/mol. The molecule has 0 aliphatic rings. The molecule has 0 atom stereocenters. The van der Waals surface area contributed by atoms with Crippen LogP contribution in [0.2, 0.25) is 0 Å². The van der Waals surface area contributed by atoms with E-state index in [-0.39, 0.29) is 4.90 Å². The van der Waals surface area contributed by atoms with E-state index in [9.17, 15) is 23.3 Å². The van der Waals surface area contributed by atoms with Crippen LogP contribution in [0, 0.1) is 10.1 Å². The van der Waals surface area contributed by atoms with Gasteiger partial charge in [-0.05, 0) is 12.1 Å². The van der Waals surface area contributed by atoms with E-state index < -0.39 is 22.7 Å². The summed E-state index contributed by atoms with van der Waals surface area (Å²) in [5.41, 5.74) is -0.807. The molecule has 0 bridgehead atoms. The molecule has 0 unspecified atom stereocenters. The van der Waals surface area contributed by atoms with Crippen molar-refractivity contribution in [3.63, 3.8) is 0 Å². The van der Waals surface area contributed by atoms with Crippen LogP contribution in [0.1, 0.15) is 0 Å². The molecule has 0 spiro atoms.